The van der Waals surface area contributed by atoms with Gasteiger partial charge in [0.15, 0.2) is 0 Å². The topological polar surface area (TPSA) is 65.8 Å². The van der Waals surface area contributed by atoms with Crippen molar-refractivity contribution in [2.24, 2.45) is 5.10 Å². The number of halogens is 2. The molecule has 1 amide bonds. The average Bonchev–Trinajstić information content (AvgIpc) is 2.98. The summed E-state index contributed by atoms with van der Waals surface area (Å²) in [6, 6.07) is 8.87. The van der Waals surface area contributed by atoms with Crippen LogP contribution in [0.3, 0.4) is 0 Å². The normalized spacial score (nSPS) is 16.8. The number of phenolic OH excluding ortho intramolecular Hbond substituents is 1. The van der Waals surface area contributed by atoms with Crippen molar-refractivity contribution in [3.63, 3.8) is 0 Å². The molecular weight excluding hydrogens is 470 g/mol. The summed E-state index contributed by atoms with van der Waals surface area (Å²) in [7, 11) is 0. The minimum Gasteiger partial charge on any atom is -0.506 e. The lowest BCUT2D eigenvalue weighted by Gasteiger charge is -2.23. The number of carbonyl (C=O) groups is 1. The molecule has 3 rings (SSSR count). The largest absolute Gasteiger partial charge is 0.506 e. The zero-order valence-corrected chi connectivity index (χ0v) is 17.3. The molecular formula is C17H15Br2N3O2S. The van der Waals surface area contributed by atoms with Gasteiger partial charge in [-0.25, -0.2) is 9.99 Å². The van der Waals surface area contributed by atoms with Crippen LogP contribution in [0.15, 0.2) is 55.6 Å². The van der Waals surface area contributed by atoms with Crippen LogP contribution < -0.4 is 0 Å². The van der Waals surface area contributed by atoms with Gasteiger partial charge in [0.25, 0.3) is 5.91 Å². The van der Waals surface area contributed by atoms with Crippen LogP contribution in [-0.2, 0) is 4.79 Å². The summed E-state index contributed by atoms with van der Waals surface area (Å²) >= 11 is 8.15. The molecule has 2 aromatic rings. The zero-order chi connectivity index (χ0) is 18.0. The van der Waals surface area contributed by atoms with E-state index in [1.165, 1.54) is 16.8 Å². The highest BCUT2D eigenvalue weighted by atomic mass is 79.9. The number of hydrogen-bond acceptors (Lipinski definition) is 5. The summed E-state index contributed by atoms with van der Waals surface area (Å²) in [5, 5.41) is 17.1. The number of phenols is 1. The van der Waals surface area contributed by atoms with E-state index >= 15 is 0 Å². The molecule has 0 spiro atoms. The van der Waals surface area contributed by atoms with E-state index in [-0.39, 0.29) is 23.5 Å². The highest BCUT2D eigenvalue weighted by Crippen LogP contribution is 2.41. The van der Waals surface area contributed by atoms with E-state index in [9.17, 15) is 9.90 Å². The lowest BCUT2D eigenvalue weighted by Crippen LogP contribution is -2.28. The Bertz CT molecular complexity index is 830. The minimum atomic E-state index is -0.314. The Balaban J connectivity index is 1.80. The molecule has 1 atom stereocenters. The first kappa shape index (κ1) is 18.4. The third-order valence-corrected chi connectivity index (χ3v) is 5.71. The summed E-state index contributed by atoms with van der Waals surface area (Å²) in [5.41, 5.74) is 1.52. The monoisotopic (exact) mass is 483 g/mol. The van der Waals surface area contributed by atoms with Crippen molar-refractivity contribution >= 4 is 55.2 Å². The van der Waals surface area contributed by atoms with E-state index in [1.807, 2.05) is 31.2 Å². The van der Waals surface area contributed by atoms with Gasteiger partial charge in [0.1, 0.15) is 5.75 Å². The number of carbonyl (C=O) groups excluding carboxylic acids is 1. The van der Waals surface area contributed by atoms with Crippen LogP contribution in [0.2, 0.25) is 0 Å². The second-order valence-corrected chi connectivity index (χ2v) is 8.34. The predicted octanol–water partition coefficient (Wildman–Crippen LogP) is 4.75. The van der Waals surface area contributed by atoms with Crippen LogP contribution in [0.4, 0.5) is 0 Å². The molecule has 1 aromatic heterocycles. The van der Waals surface area contributed by atoms with Crippen LogP contribution in [0.1, 0.15) is 24.9 Å². The summed E-state index contributed by atoms with van der Waals surface area (Å²) in [5.74, 6) is 0.251. The van der Waals surface area contributed by atoms with Crippen LogP contribution in [0, 0.1) is 0 Å². The van der Waals surface area contributed by atoms with Gasteiger partial charge in [-0.2, -0.15) is 5.10 Å². The quantitative estimate of drug-likeness (QED) is 0.635. The van der Waals surface area contributed by atoms with Gasteiger partial charge < -0.3 is 5.11 Å². The molecule has 0 bridgehead atoms. The van der Waals surface area contributed by atoms with Crippen molar-refractivity contribution in [3.05, 3.63) is 51.0 Å². The SMILES string of the molecule is CC1=NN(C(=O)CSc2ccccn2)[C@@H](c2cc(Br)cc(Br)c2O)C1. The third kappa shape index (κ3) is 4.24. The second-order valence-electron chi connectivity index (χ2n) is 5.58. The Hall–Kier alpha value is -1.38. The van der Waals surface area contributed by atoms with Gasteiger partial charge in [0.05, 0.1) is 21.3 Å². The molecule has 0 saturated heterocycles. The molecule has 0 radical (unpaired) electrons. The predicted molar refractivity (Wildman–Crippen MR) is 106 cm³/mol. The summed E-state index contributed by atoms with van der Waals surface area (Å²) in [6.07, 6.45) is 2.29. The number of rotatable bonds is 4. The molecule has 5 nitrogen and oxygen atoms in total. The van der Waals surface area contributed by atoms with Gasteiger partial charge in [0, 0.05) is 28.4 Å². The molecule has 2 heterocycles. The van der Waals surface area contributed by atoms with E-state index in [0.717, 1.165) is 15.2 Å². The van der Waals surface area contributed by atoms with Gasteiger partial charge in [-0.3, -0.25) is 4.79 Å². The number of benzene rings is 1. The average molecular weight is 485 g/mol. The van der Waals surface area contributed by atoms with Crippen molar-refractivity contribution in [3.8, 4) is 5.75 Å². The number of nitrogens with zero attached hydrogens (tertiary/aromatic N) is 3. The molecule has 1 aromatic carbocycles. The third-order valence-electron chi connectivity index (χ3n) is 3.72. The maximum atomic E-state index is 12.7. The first-order chi connectivity index (χ1) is 12.0. The van der Waals surface area contributed by atoms with Gasteiger partial charge >= 0.3 is 0 Å². The maximum Gasteiger partial charge on any atom is 0.253 e. The Morgan fingerprint density at radius 3 is 2.92 bits per heavy atom. The molecule has 0 unspecified atom stereocenters. The number of thioether (sulfide) groups is 1. The lowest BCUT2D eigenvalue weighted by atomic mass is 10.0. The van der Waals surface area contributed by atoms with Crippen molar-refractivity contribution in [2.45, 2.75) is 24.4 Å². The number of hydrazone groups is 1. The van der Waals surface area contributed by atoms with E-state index < -0.39 is 0 Å². The Kier molecular flexibility index (Phi) is 5.81. The Labute approximate surface area is 166 Å². The molecule has 1 aliphatic heterocycles. The molecule has 0 fully saturated rings. The lowest BCUT2D eigenvalue weighted by molar-refractivity contribution is -0.130. The van der Waals surface area contributed by atoms with E-state index in [0.29, 0.717) is 16.5 Å². The van der Waals surface area contributed by atoms with Gasteiger partial charge in [-0.15, -0.1) is 0 Å². The first-order valence-corrected chi connectivity index (χ1v) is 10.1. The van der Waals surface area contributed by atoms with E-state index in [2.05, 4.69) is 41.9 Å². The maximum absolute atomic E-state index is 12.7. The van der Waals surface area contributed by atoms with Crippen LogP contribution in [-0.4, -0.2) is 32.5 Å². The molecule has 25 heavy (non-hydrogen) atoms. The number of hydrogen-bond donors (Lipinski definition) is 1. The van der Waals surface area contributed by atoms with Gasteiger partial charge in [-0.1, -0.05) is 33.8 Å². The number of pyridine rings is 1. The minimum absolute atomic E-state index is 0.118. The smallest absolute Gasteiger partial charge is 0.253 e. The number of aromatic hydroxyl groups is 1. The Morgan fingerprint density at radius 2 is 2.20 bits per heavy atom. The molecule has 0 saturated carbocycles. The van der Waals surface area contributed by atoms with Crippen molar-refractivity contribution in [1.82, 2.24) is 9.99 Å². The number of aromatic nitrogens is 1. The van der Waals surface area contributed by atoms with E-state index in [1.54, 1.807) is 12.3 Å². The van der Waals surface area contributed by atoms with Crippen molar-refractivity contribution in [1.29, 1.82) is 0 Å². The van der Waals surface area contributed by atoms with Crippen LogP contribution >= 0.6 is 43.6 Å². The summed E-state index contributed by atoms with van der Waals surface area (Å²) < 4.78 is 1.41. The molecule has 130 valence electrons. The van der Waals surface area contributed by atoms with Crippen LogP contribution in [0.25, 0.3) is 0 Å². The molecule has 8 heteroatoms. The summed E-state index contributed by atoms with van der Waals surface area (Å²) in [4.78, 5) is 16.9. The van der Waals surface area contributed by atoms with Crippen LogP contribution in [0.5, 0.6) is 5.75 Å². The zero-order valence-electron chi connectivity index (χ0n) is 13.3. The highest BCUT2D eigenvalue weighted by molar-refractivity contribution is 9.11. The fourth-order valence-corrected chi connectivity index (χ4v) is 4.58. The fourth-order valence-electron chi connectivity index (χ4n) is 2.61. The fraction of sp³-hybridized carbons (Fsp3) is 0.235. The molecule has 1 aliphatic rings. The van der Waals surface area contributed by atoms with Crippen molar-refractivity contribution < 1.29 is 9.90 Å². The van der Waals surface area contributed by atoms with E-state index in [4.69, 9.17) is 0 Å². The van der Waals surface area contributed by atoms with Crippen molar-refractivity contribution in [2.75, 3.05) is 5.75 Å². The first-order valence-electron chi connectivity index (χ1n) is 7.53. The molecule has 0 aliphatic carbocycles. The van der Waals surface area contributed by atoms with Gasteiger partial charge in [0.2, 0.25) is 0 Å². The summed E-state index contributed by atoms with van der Waals surface area (Å²) in [6.45, 7) is 1.89. The standard InChI is InChI=1S/C17H15Br2N3O2S/c1-10-6-14(12-7-11(18)8-13(19)17(12)24)22(21-10)16(23)9-25-15-4-2-3-5-20-15/h2-5,7-8,14,24H,6,9H2,1H3/t14-/m1/s1. The highest BCUT2D eigenvalue weighted by Gasteiger charge is 2.33. The molecule has 1 N–H and O–H groups in total. The van der Waals surface area contributed by atoms with Gasteiger partial charge in [-0.05, 0) is 47.1 Å². The Morgan fingerprint density at radius 1 is 1.40 bits per heavy atom. The number of amides is 1. The second kappa shape index (κ2) is 7.88.